The third kappa shape index (κ3) is 6.86. The Kier molecular flexibility index (Phi) is 7.63. The number of nitrogens with one attached hydrogen (secondary N) is 2. The zero-order valence-electron chi connectivity index (χ0n) is 19.3. The van der Waals surface area contributed by atoms with Crippen LogP contribution < -0.4 is 10.6 Å². The maximum Gasteiger partial charge on any atom is 0.412 e. The fraction of sp³-hybridized carbons (Fsp3) is 0.240. The van der Waals surface area contributed by atoms with Gasteiger partial charge in [-0.2, -0.15) is 10.2 Å². The summed E-state index contributed by atoms with van der Waals surface area (Å²) in [5.41, 5.74) is 2.56. The van der Waals surface area contributed by atoms with Crippen molar-refractivity contribution < 1.29 is 19.1 Å². The lowest BCUT2D eigenvalue weighted by atomic mass is 10.0. The molecule has 0 unspecified atom stereocenters. The Morgan fingerprint density at radius 2 is 1.71 bits per heavy atom. The van der Waals surface area contributed by atoms with Crippen LogP contribution in [0.4, 0.5) is 16.2 Å². The Morgan fingerprint density at radius 1 is 0.971 bits per heavy atom. The molecule has 1 heterocycles. The van der Waals surface area contributed by atoms with Gasteiger partial charge in [0.1, 0.15) is 5.60 Å². The molecule has 0 saturated heterocycles. The van der Waals surface area contributed by atoms with Crippen molar-refractivity contribution in [3.05, 3.63) is 71.0 Å². The highest BCUT2D eigenvalue weighted by atomic mass is 35.5. The summed E-state index contributed by atoms with van der Waals surface area (Å²) in [5.74, 6) is -0.908. The predicted molar refractivity (Wildman–Crippen MR) is 131 cm³/mol. The number of amides is 2. The van der Waals surface area contributed by atoms with Gasteiger partial charge in [0, 0.05) is 16.1 Å². The van der Waals surface area contributed by atoms with E-state index in [0.717, 1.165) is 11.1 Å². The van der Waals surface area contributed by atoms with Crippen LogP contribution in [0.3, 0.4) is 0 Å². The number of carbonyl (C=O) groups excluding carboxylic acids is 3. The van der Waals surface area contributed by atoms with Crippen molar-refractivity contribution >= 4 is 40.8 Å². The van der Waals surface area contributed by atoms with Gasteiger partial charge in [-0.05, 0) is 63.1 Å². The van der Waals surface area contributed by atoms with E-state index in [0.29, 0.717) is 21.8 Å². The van der Waals surface area contributed by atoms with Crippen molar-refractivity contribution in [3.63, 3.8) is 0 Å². The quantitative estimate of drug-likeness (QED) is 0.347. The molecule has 0 atom stereocenters. The van der Waals surface area contributed by atoms with Crippen LogP contribution in [-0.4, -0.2) is 33.6 Å². The third-order valence-corrected chi connectivity index (χ3v) is 5.04. The first-order valence-corrected chi connectivity index (χ1v) is 10.9. The van der Waals surface area contributed by atoms with Crippen LogP contribution >= 0.6 is 11.6 Å². The Labute approximate surface area is 202 Å². The number of ketones is 1. The van der Waals surface area contributed by atoms with Crippen molar-refractivity contribution in [1.82, 2.24) is 10.2 Å². The molecule has 0 radical (unpaired) electrons. The summed E-state index contributed by atoms with van der Waals surface area (Å²) in [6.45, 7) is 7.00. The van der Waals surface area contributed by atoms with E-state index in [1.54, 1.807) is 70.4 Å². The molecule has 1 aromatic heterocycles. The molecule has 3 rings (SSSR count). The summed E-state index contributed by atoms with van der Waals surface area (Å²) in [7, 11) is 0. The van der Waals surface area contributed by atoms with E-state index in [9.17, 15) is 14.4 Å². The molecular formula is C25H25ClN4O4. The number of aromatic nitrogens is 2. The van der Waals surface area contributed by atoms with E-state index in [-0.39, 0.29) is 11.5 Å². The van der Waals surface area contributed by atoms with Crippen molar-refractivity contribution in [3.8, 4) is 11.1 Å². The Morgan fingerprint density at radius 3 is 2.38 bits per heavy atom. The molecular weight excluding hydrogens is 456 g/mol. The van der Waals surface area contributed by atoms with Crippen LogP contribution in [0.15, 0.2) is 54.9 Å². The fourth-order valence-corrected chi connectivity index (χ4v) is 3.24. The predicted octanol–water partition coefficient (Wildman–Crippen LogP) is 5.66. The van der Waals surface area contributed by atoms with Crippen molar-refractivity contribution in [2.24, 2.45) is 0 Å². The summed E-state index contributed by atoms with van der Waals surface area (Å²) in [6.07, 6.45) is 2.09. The lowest BCUT2D eigenvalue weighted by molar-refractivity contribution is -0.115. The molecule has 3 aromatic rings. The third-order valence-electron chi connectivity index (χ3n) is 4.63. The van der Waals surface area contributed by atoms with Crippen molar-refractivity contribution in [2.75, 3.05) is 10.6 Å². The second kappa shape index (κ2) is 10.4. The highest BCUT2D eigenvalue weighted by molar-refractivity contribution is 6.32. The maximum absolute atomic E-state index is 12.8. The Balaban J connectivity index is 1.74. The molecule has 8 nitrogen and oxygen atoms in total. The standard InChI is InChI=1S/C25H25ClN4O4/c1-15-10-20(30-24(33)34-25(2,3)4)21(12-19(15)26)29-23(32)13-22(31)17-7-5-6-16(11-17)18-8-9-27-28-14-18/h5-12,14H,13H2,1-4H3,(H,29,32)(H,30,33). The highest BCUT2D eigenvalue weighted by Crippen LogP contribution is 2.30. The molecule has 9 heteroatoms. The van der Waals surface area contributed by atoms with Crippen LogP contribution in [0, 0.1) is 6.92 Å². The smallest absolute Gasteiger partial charge is 0.412 e. The number of hydrogen-bond donors (Lipinski definition) is 2. The molecule has 2 N–H and O–H groups in total. The van der Waals surface area contributed by atoms with Crippen LogP contribution in [0.25, 0.3) is 11.1 Å². The topological polar surface area (TPSA) is 110 Å². The van der Waals surface area contributed by atoms with Crippen LogP contribution in [-0.2, 0) is 9.53 Å². The van der Waals surface area contributed by atoms with E-state index < -0.39 is 24.0 Å². The van der Waals surface area contributed by atoms with Crippen molar-refractivity contribution in [1.29, 1.82) is 0 Å². The van der Waals surface area contributed by atoms with Gasteiger partial charge < -0.3 is 10.1 Å². The number of hydrogen-bond acceptors (Lipinski definition) is 6. The minimum atomic E-state index is -0.692. The average Bonchev–Trinajstić information content (AvgIpc) is 2.76. The summed E-state index contributed by atoms with van der Waals surface area (Å²) >= 11 is 6.22. The van der Waals surface area contributed by atoms with Crippen LogP contribution in [0.1, 0.15) is 43.1 Å². The molecule has 0 saturated carbocycles. The van der Waals surface area contributed by atoms with E-state index in [1.807, 2.05) is 6.07 Å². The van der Waals surface area contributed by atoms with Gasteiger partial charge in [0.25, 0.3) is 0 Å². The zero-order chi connectivity index (χ0) is 24.9. The highest BCUT2D eigenvalue weighted by Gasteiger charge is 2.19. The van der Waals surface area contributed by atoms with Gasteiger partial charge in [-0.1, -0.05) is 29.8 Å². The van der Waals surface area contributed by atoms with Crippen molar-refractivity contribution in [2.45, 2.75) is 39.7 Å². The number of Topliss-reactive ketones (excluding diaryl/α,β-unsaturated/α-hetero) is 1. The normalized spacial score (nSPS) is 11.0. The van der Waals surface area contributed by atoms with Gasteiger partial charge in [0.15, 0.2) is 5.78 Å². The van der Waals surface area contributed by atoms with Gasteiger partial charge in [-0.15, -0.1) is 0 Å². The number of rotatable bonds is 6. The molecule has 0 fully saturated rings. The zero-order valence-corrected chi connectivity index (χ0v) is 20.1. The maximum atomic E-state index is 12.8. The molecule has 2 aromatic carbocycles. The van der Waals surface area contributed by atoms with Gasteiger partial charge in [-0.25, -0.2) is 4.79 Å². The van der Waals surface area contributed by atoms with E-state index >= 15 is 0 Å². The molecule has 0 bridgehead atoms. The fourth-order valence-electron chi connectivity index (χ4n) is 3.08. The molecule has 0 aliphatic carbocycles. The van der Waals surface area contributed by atoms with E-state index in [1.165, 1.54) is 6.07 Å². The first-order chi connectivity index (χ1) is 16.0. The number of anilines is 2. The summed E-state index contributed by atoms with van der Waals surface area (Å²) in [4.78, 5) is 37.7. The van der Waals surface area contributed by atoms with Gasteiger partial charge in [0.05, 0.1) is 30.2 Å². The molecule has 0 aliphatic rings. The first-order valence-electron chi connectivity index (χ1n) is 10.5. The minimum Gasteiger partial charge on any atom is -0.444 e. The Hall–Kier alpha value is -3.78. The second-order valence-electron chi connectivity index (χ2n) is 8.63. The average molecular weight is 481 g/mol. The van der Waals surface area contributed by atoms with Gasteiger partial charge in [0.2, 0.25) is 5.91 Å². The largest absolute Gasteiger partial charge is 0.444 e. The van der Waals surface area contributed by atoms with E-state index in [2.05, 4.69) is 20.8 Å². The molecule has 2 amide bonds. The molecule has 0 aliphatic heterocycles. The summed E-state index contributed by atoms with van der Waals surface area (Å²) in [6, 6.07) is 11.8. The minimum absolute atomic E-state index is 0.260. The summed E-state index contributed by atoms with van der Waals surface area (Å²) in [5, 5.41) is 13.3. The lowest BCUT2D eigenvalue weighted by Gasteiger charge is -2.21. The number of benzene rings is 2. The molecule has 0 spiro atoms. The van der Waals surface area contributed by atoms with E-state index in [4.69, 9.17) is 16.3 Å². The molecule has 34 heavy (non-hydrogen) atoms. The lowest BCUT2D eigenvalue weighted by Crippen LogP contribution is -2.27. The number of carbonyl (C=O) groups is 3. The number of aryl methyl sites for hydroxylation is 1. The van der Waals surface area contributed by atoms with Gasteiger partial charge in [-0.3, -0.25) is 14.9 Å². The first kappa shape index (κ1) is 24.9. The SMILES string of the molecule is Cc1cc(NC(=O)OC(C)(C)C)c(NC(=O)CC(=O)c2cccc(-c3ccnnc3)c2)cc1Cl. The number of ether oxygens (including phenoxy) is 1. The van der Waals surface area contributed by atoms with Gasteiger partial charge >= 0.3 is 6.09 Å². The Bertz CT molecular complexity index is 1220. The van der Waals surface area contributed by atoms with Crippen LogP contribution in [0.5, 0.6) is 0 Å². The molecule has 176 valence electrons. The second-order valence-corrected chi connectivity index (χ2v) is 9.04. The van der Waals surface area contributed by atoms with Crippen LogP contribution in [0.2, 0.25) is 5.02 Å². The monoisotopic (exact) mass is 480 g/mol. The number of nitrogens with zero attached hydrogens (tertiary/aromatic N) is 2. The summed E-state index contributed by atoms with van der Waals surface area (Å²) < 4.78 is 5.28. The number of halogens is 1.